The van der Waals surface area contributed by atoms with Gasteiger partial charge in [-0.2, -0.15) is 5.26 Å². The standard InChI is InChI=1S/C12H11BrFN/c13-11-6-10(14)3-2-9(11)7-12(8-15)4-1-5-12/h2-3,6H,1,4-5,7H2. The van der Waals surface area contributed by atoms with Crippen molar-refractivity contribution in [2.45, 2.75) is 25.7 Å². The van der Waals surface area contributed by atoms with Gasteiger partial charge in [-0.1, -0.05) is 28.4 Å². The van der Waals surface area contributed by atoms with Crippen LogP contribution in [0.3, 0.4) is 0 Å². The van der Waals surface area contributed by atoms with Gasteiger partial charge in [0.1, 0.15) is 5.82 Å². The van der Waals surface area contributed by atoms with Crippen LogP contribution >= 0.6 is 15.9 Å². The molecule has 1 fully saturated rings. The van der Waals surface area contributed by atoms with Crippen molar-refractivity contribution < 1.29 is 4.39 Å². The summed E-state index contributed by atoms with van der Waals surface area (Å²) < 4.78 is 13.6. The minimum Gasteiger partial charge on any atom is -0.207 e. The molecule has 0 radical (unpaired) electrons. The molecule has 1 aromatic rings. The van der Waals surface area contributed by atoms with E-state index in [-0.39, 0.29) is 11.2 Å². The van der Waals surface area contributed by atoms with Gasteiger partial charge >= 0.3 is 0 Å². The largest absolute Gasteiger partial charge is 0.207 e. The molecular weight excluding hydrogens is 257 g/mol. The molecule has 2 rings (SSSR count). The van der Waals surface area contributed by atoms with Gasteiger partial charge in [0, 0.05) is 4.47 Å². The van der Waals surface area contributed by atoms with E-state index < -0.39 is 0 Å². The Labute approximate surface area is 97.0 Å². The number of nitrogens with zero attached hydrogens (tertiary/aromatic N) is 1. The molecule has 1 aliphatic carbocycles. The zero-order valence-electron chi connectivity index (χ0n) is 8.26. The van der Waals surface area contributed by atoms with Crippen molar-refractivity contribution >= 4 is 15.9 Å². The summed E-state index contributed by atoms with van der Waals surface area (Å²) in [6, 6.07) is 7.06. The van der Waals surface area contributed by atoms with Crippen molar-refractivity contribution in [3.8, 4) is 6.07 Å². The van der Waals surface area contributed by atoms with Gasteiger partial charge in [-0.05, 0) is 37.0 Å². The number of hydrogen-bond acceptors (Lipinski definition) is 1. The van der Waals surface area contributed by atoms with Crippen LogP contribution in [0.2, 0.25) is 0 Å². The van der Waals surface area contributed by atoms with Crippen molar-refractivity contribution in [3.05, 3.63) is 34.1 Å². The van der Waals surface area contributed by atoms with Crippen LogP contribution in [0.25, 0.3) is 0 Å². The predicted octanol–water partition coefficient (Wildman–Crippen LogP) is 3.82. The lowest BCUT2D eigenvalue weighted by atomic mass is 9.66. The van der Waals surface area contributed by atoms with E-state index in [9.17, 15) is 4.39 Å². The summed E-state index contributed by atoms with van der Waals surface area (Å²) in [6.45, 7) is 0. The molecule has 0 N–H and O–H groups in total. The summed E-state index contributed by atoms with van der Waals surface area (Å²) in [5.74, 6) is -0.245. The van der Waals surface area contributed by atoms with Crippen LogP contribution in [0.1, 0.15) is 24.8 Å². The first-order valence-corrected chi connectivity index (χ1v) is 5.80. The SMILES string of the molecule is N#CC1(Cc2ccc(F)cc2Br)CCC1. The number of benzene rings is 1. The van der Waals surface area contributed by atoms with Crippen molar-refractivity contribution in [3.63, 3.8) is 0 Å². The molecule has 1 aromatic carbocycles. The summed E-state index contributed by atoms with van der Waals surface area (Å²) >= 11 is 3.33. The van der Waals surface area contributed by atoms with Crippen molar-refractivity contribution in [2.75, 3.05) is 0 Å². The number of rotatable bonds is 2. The molecule has 0 unspecified atom stereocenters. The quantitative estimate of drug-likeness (QED) is 0.799. The molecule has 0 atom stereocenters. The minimum atomic E-state index is -0.245. The van der Waals surface area contributed by atoms with Crippen molar-refractivity contribution in [2.24, 2.45) is 5.41 Å². The maximum atomic E-state index is 12.9. The molecule has 0 aliphatic heterocycles. The van der Waals surface area contributed by atoms with E-state index in [1.807, 2.05) is 0 Å². The monoisotopic (exact) mass is 267 g/mol. The summed E-state index contributed by atoms with van der Waals surface area (Å²) in [4.78, 5) is 0. The van der Waals surface area contributed by atoms with E-state index in [0.717, 1.165) is 35.7 Å². The molecular formula is C12H11BrFN. The zero-order valence-corrected chi connectivity index (χ0v) is 9.85. The summed E-state index contributed by atoms with van der Waals surface area (Å²) in [5.41, 5.74) is 0.832. The molecule has 15 heavy (non-hydrogen) atoms. The van der Waals surface area contributed by atoms with E-state index in [0.29, 0.717) is 0 Å². The smallest absolute Gasteiger partial charge is 0.124 e. The maximum Gasteiger partial charge on any atom is 0.124 e. The summed E-state index contributed by atoms with van der Waals surface area (Å²) in [6.07, 6.45) is 3.79. The molecule has 0 aromatic heterocycles. The minimum absolute atomic E-state index is 0.194. The van der Waals surface area contributed by atoms with Gasteiger partial charge < -0.3 is 0 Å². The van der Waals surface area contributed by atoms with Crippen LogP contribution in [0.4, 0.5) is 4.39 Å². The van der Waals surface area contributed by atoms with Crippen LogP contribution in [0, 0.1) is 22.6 Å². The van der Waals surface area contributed by atoms with E-state index in [2.05, 4.69) is 22.0 Å². The van der Waals surface area contributed by atoms with Gasteiger partial charge in [0.15, 0.2) is 0 Å². The maximum absolute atomic E-state index is 12.9. The molecule has 1 nitrogen and oxygen atoms in total. The van der Waals surface area contributed by atoms with Gasteiger partial charge in [-0.3, -0.25) is 0 Å². The first kappa shape index (κ1) is 10.6. The Morgan fingerprint density at radius 3 is 2.67 bits per heavy atom. The predicted molar refractivity (Wildman–Crippen MR) is 59.7 cm³/mol. The molecule has 0 spiro atoms. The Bertz CT molecular complexity index is 418. The summed E-state index contributed by atoms with van der Waals surface area (Å²) in [7, 11) is 0. The highest BCUT2D eigenvalue weighted by molar-refractivity contribution is 9.10. The van der Waals surface area contributed by atoms with Gasteiger partial charge in [-0.25, -0.2) is 4.39 Å². The zero-order chi connectivity index (χ0) is 10.9. The molecule has 0 amide bonds. The van der Waals surface area contributed by atoms with Crippen LogP contribution in [0.15, 0.2) is 22.7 Å². The molecule has 0 heterocycles. The Morgan fingerprint density at radius 1 is 1.47 bits per heavy atom. The van der Waals surface area contributed by atoms with Gasteiger partial charge in [0.05, 0.1) is 11.5 Å². The lowest BCUT2D eigenvalue weighted by Crippen LogP contribution is -2.30. The topological polar surface area (TPSA) is 23.8 Å². The second-order valence-electron chi connectivity index (χ2n) is 4.16. The third kappa shape index (κ3) is 2.05. The second kappa shape index (κ2) is 3.94. The molecule has 3 heteroatoms. The normalized spacial score (nSPS) is 17.9. The molecule has 1 saturated carbocycles. The Morgan fingerprint density at radius 2 is 2.20 bits per heavy atom. The van der Waals surface area contributed by atoms with E-state index in [1.54, 1.807) is 6.07 Å². The van der Waals surface area contributed by atoms with E-state index >= 15 is 0 Å². The number of hydrogen-bond donors (Lipinski definition) is 0. The average Bonchev–Trinajstić information content (AvgIpc) is 2.14. The average molecular weight is 268 g/mol. The highest BCUT2D eigenvalue weighted by Gasteiger charge is 2.37. The molecule has 0 bridgehead atoms. The lowest BCUT2D eigenvalue weighted by Gasteiger charge is -2.35. The first-order valence-electron chi connectivity index (χ1n) is 5.00. The Hall–Kier alpha value is -0.880. The third-order valence-corrected chi connectivity index (χ3v) is 3.83. The van der Waals surface area contributed by atoms with Crippen molar-refractivity contribution in [1.82, 2.24) is 0 Å². The van der Waals surface area contributed by atoms with Crippen LogP contribution in [-0.4, -0.2) is 0 Å². The van der Waals surface area contributed by atoms with Crippen LogP contribution in [0.5, 0.6) is 0 Å². The van der Waals surface area contributed by atoms with Gasteiger partial charge in [0.2, 0.25) is 0 Å². The fourth-order valence-electron chi connectivity index (χ4n) is 1.96. The fourth-order valence-corrected chi connectivity index (χ4v) is 2.45. The molecule has 1 aliphatic rings. The number of halogens is 2. The highest BCUT2D eigenvalue weighted by atomic mass is 79.9. The lowest BCUT2D eigenvalue weighted by molar-refractivity contribution is 0.213. The summed E-state index contributed by atoms with van der Waals surface area (Å²) in [5, 5.41) is 9.10. The Kier molecular flexibility index (Phi) is 2.79. The van der Waals surface area contributed by atoms with Crippen LogP contribution < -0.4 is 0 Å². The molecule has 78 valence electrons. The third-order valence-electron chi connectivity index (χ3n) is 3.09. The highest BCUT2D eigenvalue weighted by Crippen LogP contribution is 2.43. The van der Waals surface area contributed by atoms with Crippen molar-refractivity contribution in [1.29, 1.82) is 5.26 Å². The second-order valence-corrected chi connectivity index (χ2v) is 5.01. The number of nitriles is 1. The fraction of sp³-hybridized carbons (Fsp3) is 0.417. The van der Waals surface area contributed by atoms with Gasteiger partial charge in [0.25, 0.3) is 0 Å². The molecule has 0 saturated heterocycles. The Balaban J connectivity index is 2.21. The van der Waals surface area contributed by atoms with Crippen LogP contribution in [-0.2, 0) is 6.42 Å². The first-order chi connectivity index (χ1) is 7.15. The van der Waals surface area contributed by atoms with E-state index in [1.165, 1.54) is 12.1 Å². The van der Waals surface area contributed by atoms with E-state index in [4.69, 9.17) is 5.26 Å². The van der Waals surface area contributed by atoms with Gasteiger partial charge in [-0.15, -0.1) is 0 Å².